The molecule has 0 unspecified atom stereocenters. The highest BCUT2D eigenvalue weighted by atomic mass is 16.5. The van der Waals surface area contributed by atoms with Gasteiger partial charge in [-0.15, -0.1) is 0 Å². The van der Waals surface area contributed by atoms with Gasteiger partial charge in [-0.25, -0.2) is 0 Å². The molecule has 0 amide bonds. The van der Waals surface area contributed by atoms with E-state index < -0.39 is 6.10 Å². The van der Waals surface area contributed by atoms with Crippen molar-refractivity contribution in [2.75, 3.05) is 0 Å². The Labute approximate surface area is 143 Å². The van der Waals surface area contributed by atoms with Crippen molar-refractivity contribution >= 4 is 11.8 Å². The predicted molar refractivity (Wildman–Crippen MR) is 92.4 cm³/mol. The number of benzene rings is 1. The Hall–Kier alpha value is -1.94. The first-order valence-electron chi connectivity index (χ1n) is 8.61. The summed E-state index contributed by atoms with van der Waals surface area (Å²) in [6.45, 7) is 3.35. The van der Waals surface area contributed by atoms with Crippen molar-refractivity contribution in [3.8, 4) is 0 Å². The number of carbonyl (C=O) groups excluding carboxylic acids is 2. The number of Topliss-reactive ketones (excluding diaryl/α,β-unsaturated/α-hetero) is 1. The van der Waals surface area contributed by atoms with Gasteiger partial charge in [0.2, 0.25) is 0 Å². The average molecular weight is 330 g/mol. The van der Waals surface area contributed by atoms with Crippen LogP contribution in [0.3, 0.4) is 0 Å². The van der Waals surface area contributed by atoms with Gasteiger partial charge in [0, 0.05) is 25.2 Å². The van der Waals surface area contributed by atoms with E-state index in [1.54, 1.807) is 0 Å². The lowest BCUT2D eigenvalue weighted by Crippen LogP contribution is -2.20. The van der Waals surface area contributed by atoms with Crippen LogP contribution in [0.4, 0.5) is 0 Å². The van der Waals surface area contributed by atoms with Gasteiger partial charge < -0.3 is 9.84 Å². The summed E-state index contributed by atoms with van der Waals surface area (Å²) < 4.78 is 5.37. The number of ketones is 1. The maximum Gasteiger partial charge on any atom is 0.303 e. The molecule has 1 fully saturated rings. The SMILES string of the molecule is CC[C@H]1C(=O)C[C@@H](O)[C@H]1C=C[C@H](CCc1ccccc1)OC(C)=O. The molecule has 0 aliphatic heterocycles. The van der Waals surface area contributed by atoms with E-state index in [1.807, 2.05) is 49.4 Å². The average Bonchev–Trinajstić information content (AvgIpc) is 2.83. The maximum atomic E-state index is 11.9. The molecule has 24 heavy (non-hydrogen) atoms. The maximum absolute atomic E-state index is 11.9. The van der Waals surface area contributed by atoms with Crippen LogP contribution in [-0.4, -0.2) is 29.1 Å². The van der Waals surface area contributed by atoms with E-state index in [4.69, 9.17) is 4.74 Å². The zero-order chi connectivity index (χ0) is 17.5. The van der Waals surface area contributed by atoms with Crippen molar-refractivity contribution in [2.45, 2.75) is 51.7 Å². The van der Waals surface area contributed by atoms with Gasteiger partial charge in [0.1, 0.15) is 11.9 Å². The molecule has 0 bridgehead atoms. The largest absolute Gasteiger partial charge is 0.458 e. The third-order valence-corrected chi connectivity index (χ3v) is 4.60. The first-order chi connectivity index (χ1) is 11.5. The van der Waals surface area contributed by atoms with Crippen LogP contribution in [0.25, 0.3) is 0 Å². The number of rotatable bonds is 7. The Kier molecular flexibility index (Phi) is 6.73. The van der Waals surface area contributed by atoms with Crippen LogP contribution in [-0.2, 0) is 20.7 Å². The molecule has 1 aromatic carbocycles. The number of carbonyl (C=O) groups is 2. The van der Waals surface area contributed by atoms with E-state index in [9.17, 15) is 14.7 Å². The van der Waals surface area contributed by atoms with Gasteiger partial charge in [-0.3, -0.25) is 9.59 Å². The monoisotopic (exact) mass is 330 g/mol. The molecule has 1 aliphatic carbocycles. The van der Waals surface area contributed by atoms with Gasteiger partial charge in [0.15, 0.2) is 0 Å². The third-order valence-electron chi connectivity index (χ3n) is 4.60. The summed E-state index contributed by atoms with van der Waals surface area (Å²) in [6.07, 6.45) is 5.12. The lowest BCUT2D eigenvalue weighted by Gasteiger charge is -2.18. The van der Waals surface area contributed by atoms with Crippen LogP contribution in [0.5, 0.6) is 0 Å². The lowest BCUT2D eigenvalue weighted by atomic mass is 9.91. The summed E-state index contributed by atoms with van der Waals surface area (Å²) in [5, 5.41) is 10.1. The van der Waals surface area contributed by atoms with E-state index in [2.05, 4.69) is 0 Å². The van der Waals surface area contributed by atoms with Crippen LogP contribution < -0.4 is 0 Å². The molecule has 130 valence electrons. The van der Waals surface area contributed by atoms with E-state index in [0.717, 1.165) is 6.42 Å². The highest BCUT2D eigenvalue weighted by Crippen LogP contribution is 2.32. The molecule has 2 rings (SSSR count). The summed E-state index contributed by atoms with van der Waals surface area (Å²) in [4.78, 5) is 23.2. The van der Waals surface area contributed by atoms with Crippen molar-refractivity contribution in [1.29, 1.82) is 0 Å². The Morgan fingerprint density at radius 3 is 2.71 bits per heavy atom. The van der Waals surface area contributed by atoms with Gasteiger partial charge in [-0.1, -0.05) is 43.3 Å². The minimum Gasteiger partial charge on any atom is -0.458 e. The van der Waals surface area contributed by atoms with Crippen molar-refractivity contribution in [3.05, 3.63) is 48.0 Å². The second-order valence-corrected chi connectivity index (χ2v) is 6.39. The zero-order valence-electron chi connectivity index (χ0n) is 14.4. The molecule has 4 heteroatoms. The molecule has 1 N–H and O–H groups in total. The number of hydrogen-bond donors (Lipinski definition) is 1. The summed E-state index contributed by atoms with van der Waals surface area (Å²) in [5.74, 6) is -0.526. The van der Waals surface area contributed by atoms with Crippen LogP contribution >= 0.6 is 0 Å². The van der Waals surface area contributed by atoms with E-state index >= 15 is 0 Å². The predicted octanol–water partition coefficient (Wildman–Crippen LogP) is 3.08. The van der Waals surface area contributed by atoms with Gasteiger partial charge in [-0.05, 0) is 30.9 Å². The molecule has 1 aliphatic rings. The van der Waals surface area contributed by atoms with Crippen molar-refractivity contribution in [3.63, 3.8) is 0 Å². The first-order valence-corrected chi connectivity index (χ1v) is 8.61. The molecule has 4 nitrogen and oxygen atoms in total. The topological polar surface area (TPSA) is 63.6 Å². The van der Waals surface area contributed by atoms with Crippen LogP contribution in [0.15, 0.2) is 42.5 Å². The highest BCUT2D eigenvalue weighted by molar-refractivity contribution is 5.84. The molecule has 0 saturated heterocycles. The summed E-state index contributed by atoms with van der Waals surface area (Å²) in [7, 11) is 0. The summed E-state index contributed by atoms with van der Waals surface area (Å²) in [5.41, 5.74) is 1.19. The molecule has 0 heterocycles. The first kappa shape index (κ1) is 18.4. The third kappa shape index (κ3) is 5.03. The summed E-state index contributed by atoms with van der Waals surface area (Å²) in [6, 6.07) is 10.0. The molecular weight excluding hydrogens is 304 g/mol. The number of aliphatic hydroxyl groups is 1. The number of ether oxygens (including phenoxy) is 1. The molecule has 0 radical (unpaired) electrons. The molecule has 0 aromatic heterocycles. The van der Waals surface area contributed by atoms with Crippen LogP contribution in [0, 0.1) is 11.8 Å². The quantitative estimate of drug-likeness (QED) is 0.616. The van der Waals surface area contributed by atoms with Crippen molar-refractivity contribution < 1.29 is 19.4 Å². The standard InChI is InChI=1S/C20H26O4/c1-3-17-18(20(23)13-19(17)22)12-11-16(24-14(2)21)10-9-15-7-5-4-6-8-15/h4-8,11-12,16-18,20,23H,3,9-10,13H2,1-2H3/t16-,17+,18-,20+/m0/s1. The smallest absolute Gasteiger partial charge is 0.303 e. The second kappa shape index (κ2) is 8.78. The fraction of sp³-hybridized carbons (Fsp3) is 0.500. The van der Waals surface area contributed by atoms with Crippen molar-refractivity contribution in [1.82, 2.24) is 0 Å². The normalized spacial score (nSPS) is 25.1. The fourth-order valence-electron chi connectivity index (χ4n) is 3.35. The van der Waals surface area contributed by atoms with Crippen LogP contribution in [0.1, 0.15) is 38.7 Å². The summed E-state index contributed by atoms with van der Waals surface area (Å²) >= 11 is 0. The van der Waals surface area contributed by atoms with Gasteiger partial charge >= 0.3 is 5.97 Å². The molecule has 1 aromatic rings. The number of aliphatic hydroxyl groups excluding tert-OH is 1. The molecule has 4 atom stereocenters. The molecular formula is C20H26O4. The van der Waals surface area contributed by atoms with Gasteiger partial charge in [0.25, 0.3) is 0 Å². The minimum absolute atomic E-state index is 0.118. The minimum atomic E-state index is -0.634. The Morgan fingerprint density at radius 2 is 2.08 bits per heavy atom. The molecule has 0 spiro atoms. The number of aryl methyl sites for hydroxylation is 1. The Morgan fingerprint density at radius 1 is 1.38 bits per heavy atom. The lowest BCUT2D eigenvalue weighted by molar-refractivity contribution is -0.144. The van der Waals surface area contributed by atoms with E-state index in [-0.39, 0.29) is 36.1 Å². The van der Waals surface area contributed by atoms with Gasteiger partial charge in [-0.2, -0.15) is 0 Å². The Balaban J connectivity index is 2.02. The number of hydrogen-bond acceptors (Lipinski definition) is 4. The number of esters is 1. The zero-order valence-corrected chi connectivity index (χ0v) is 14.4. The van der Waals surface area contributed by atoms with E-state index in [1.165, 1.54) is 12.5 Å². The van der Waals surface area contributed by atoms with Crippen LogP contribution in [0.2, 0.25) is 0 Å². The van der Waals surface area contributed by atoms with Crippen molar-refractivity contribution in [2.24, 2.45) is 11.8 Å². The molecule has 1 saturated carbocycles. The fourth-order valence-corrected chi connectivity index (χ4v) is 3.35. The second-order valence-electron chi connectivity index (χ2n) is 6.39. The Bertz CT molecular complexity index is 579. The highest BCUT2D eigenvalue weighted by Gasteiger charge is 2.38. The van der Waals surface area contributed by atoms with E-state index in [0.29, 0.717) is 12.8 Å². The van der Waals surface area contributed by atoms with Gasteiger partial charge in [0.05, 0.1) is 6.10 Å².